The van der Waals surface area contributed by atoms with Crippen LogP contribution in [0.3, 0.4) is 0 Å². The van der Waals surface area contributed by atoms with Gasteiger partial charge >= 0.3 is 0 Å². The maximum Gasteiger partial charge on any atom is 0.252 e. The zero-order chi connectivity index (χ0) is 17.1. The van der Waals surface area contributed by atoms with Gasteiger partial charge in [-0.1, -0.05) is 25.1 Å². The van der Waals surface area contributed by atoms with Crippen LogP contribution >= 0.6 is 11.3 Å². The maximum atomic E-state index is 12.6. The molecule has 0 unspecified atom stereocenters. The number of aromatic amines is 1. The summed E-state index contributed by atoms with van der Waals surface area (Å²) in [5.41, 5.74) is 1.33. The van der Waals surface area contributed by atoms with E-state index in [0.29, 0.717) is 29.6 Å². The molecule has 124 valence electrons. The Morgan fingerprint density at radius 3 is 2.88 bits per heavy atom. The zero-order valence-corrected chi connectivity index (χ0v) is 14.5. The van der Waals surface area contributed by atoms with Crippen molar-refractivity contribution in [3.63, 3.8) is 0 Å². The average molecular weight is 341 g/mol. The van der Waals surface area contributed by atoms with E-state index in [1.54, 1.807) is 24.3 Å². The lowest BCUT2D eigenvalue weighted by molar-refractivity contribution is 0.0955. The molecule has 0 fully saturated rings. The smallest absolute Gasteiger partial charge is 0.252 e. The second kappa shape index (κ2) is 6.97. The Balaban J connectivity index is 1.78. The van der Waals surface area contributed by atoms with Crippen LogP contribution in [0.25, 0.3) is 10.9 Å². The van der Waals surface area contributed by atoms with E-state index in [4.69, 9.17) is 0 Å². The zero-order valence-electron chi connectivity index (χ0n) is 13.7. The van der Waals surface area contributed by atoms with Gasteiger partial charge in [0, 0.05) is 40.5 Å². The number of para-hydroxylation sites is 1. The summed E-state index contributed by atoms with van der Waals surface area (Å²) in [5, 5.41) is 4.68. The molecule has 0 aliphatic heterocycles. The van der Waals surface area contributed by atoms with Crippen LogP contribution in [0.15, 0.2) is 35.3 Å². The number of hydrogen-bond acceptors (Lipinski definition) is 4. The third kappa shape index (κ3) is 3.23. The summed E-state index contributed by atoms with van der Waals surface area (Å²) in [6.45, 7) is 4.27. The van der Waals surface area contributed by atoms with Crippen LogP contribution in [0.5, 0.6) is 0 Å². The maximum absolute atomic E-state index is 12.6. The molecule has 0 radical (unpaired) electrons. The number of benzene rings is 1. The number of aryl methyl sites for hydroxylation is 1. The first-order valence-electron chi connectivity index (χ1n) is 7.93. The van der Waals surface area contributed by atoms with Crippen LogP contribution in [0.1, 0.15) is 32.7 Å². The normalized spacial score (nSPS) is 10.9. The highest BCUT2D eigenvalue weighted by Crippen LogP contribution is 2.18. The fourth-order valence-electron chi connectivity index (χ4n) is 2.63. The minimum atomic E-state index is -0.230. The van der Waals surface area contributed by atoms with Gasteiger partial charge in [0.25, 0.3) is 11.5 Å². The fraction of sp³-hybridized carbons (Fsp3) is 0.278. The Morgan fingerprint density at radius 1 is 1.33 bits per heavy atom. The Kier molecular flexibility index (Phi) is 4.76. The van der Waals surface area contributed by atoms with Crippen molar-refractivity contribution in [2.24, 2.45) is 0 Å². The monoisotopic (exact) mass is 341 g/mol. The highest BCUT2D eigenvalue weighted by molar-refractivity contribution is 7.11. The van der Waals surface area contributed by atoms with Gasteiger partial charge in [-0.15, -0.1) is 11.3 Å². The van der Waals surface area contributed by atoms with Crippen LogP contribution in [0, 0.1) is 6.92 Å². The first kappa shape index (κ1) is 16.4. The Hall–Kier alpha value is -2.47. The number of amides is 1. The van der Waals surface area contributed by atoms with Gasteiger partial charge in [0.2, 0.25) is 0 Å². The molecule has 0 atom stereocenters. The molecule has 24 heavy (non-hydrogen) atoms. The molecule has 6 heteroatoms. The van der Waals surface area contributed by atoms with Gasteiger partial charge in [-0.3, -0.25) is 9.59 Å². The standard InChI is InChI=1S/C18H19N3O2S/c1-3-12-10-20-15(24-12)8-9-19-18(23)16-11(2)17(22)21-14-7-5-4-6-13(14)16/h4-7,10H,3,8-9H2,1-2H3,(H,19,23)(H,21,22). The molecule has 2 aromatic heterocycles. The largest absolute Gasteiger partial charge is 0.352 e. The molecular formula is C18H19N3O2S. The number of nitrogens with zero attached hydrogens (tertiary/aromatic N) is 1. The number of carbonyl (C=O) groups excluding carboxylic acids is 1. The number of pyridine rings is 1. The minimum absolute atomic E-state index is 0.220. The molecule has 0 saturated carbocycles. The summed E-state index contributed by atoms with van der Waals surface area (Å²) in [4.78, 5) is 33.0. The molecule has 3 rings (SSSR count). The number of aromatic nitrogens is 2. The number of hydrogen-bond donors (Lipinski definition) is 2. The highest BCUT2D eigenvalue weighted by Gasteiger charge is 2.16. The van der Waals surface area contributed by atoms with Crippen molar-refractivity contribution >= 4 is 28.1 Å². The number of H-pyrrole nitrogens is 1. The highest BCUT2D eigenvalue weighted by atomic mass is 32.1. The van der Waals surface area contributed by atoms with E-state index in [-0.39, 0.29) is 11.5 Å². The molecule has 2 heterocycles. The first-order valence-corrected chi connectivity index (χ1v) is 8.75. The van der Waals surface area contributed by atoms with Crippen LogP contribution in [-0.4, -0.2) is 22.4 Å². The number of nitrogens with one attached hydrogen (secondary N) is 2. The molecule has 2 N–H and O–H groups in total. The third-order valence-corrected chi connectivity index (χ3v) is 5.16. The van der Waals surface area contributed by atoms with E-state index in [9.17, 15) is 9.59 Å². The van der Waals surface area contributed by atoms with E-state index in [2.05, 4.69) is 22.2 Å². The van der Waals surface area contributed by atoms with Crippen molar-refractivity contribution in [2.45, 2.75) is 26.7 Å². The summed E-state index contributed by atoms with van der Waals surface area (Å²) in [7, 11) is 0. The molecule has 0 aliphatic rings. The topological polar surface area (TPSA) is 74.8 Å². The number of carbonyl (C=O) groups is 1. The van der Waals surface area contributed by atoms with E-state index in [1.165, 1.54) is 4.88 Å². The molecule has 3 aromatic rings. The van der Waals surface area contributed by atoms with E-state index < -0.39 is 0 Å². The first-order chi connectivity index (χ1) is 11.6. The van der Waals surface area contributed by atoms with E-state index >= 15 is 0 Å². The molecular weight excluding hydrogens is 322 g/mol. The SMILES string of the molecule is CCc1cnc(CCNC(=O)c2c(C)c(=O)[nH]c3ccccc23)s1. The Labute approximate surface area is 143 Å². The number of rotatable bonds is 5. The fourth-order valence-corrected chi connectivity index (χ4v) is 3.49. The van der Waals surface area contributed by atoms with Crippen LogP contribution in [-0.2, 0) is 12.8 Å². The van der Waals surface area contributed by atoms with Crippen molar-refractivity contribution in [1.82, 2.24) is 15.3 Å². The molecule has 0 bridgehead atoms. The van der Waals surface area contributed by atoms with Gasteiger partial charge in [0.1, 0.15) is 0 Å². The molecule has 0 aliphatic carbocycles. The van der Waals surface area contributed by atoms with Crippen molar-refractivity contribution in [3.8, 4) is 0 Å². The third-order valence-electron chi connectivity index (χ3n) is 3.96. The van der Waals surface area contributed by atoms with Gasteiger partial charge in [0.05, 0.1) is 10.6 Å². The number of fused-ring (bicyclic) bond motifs is 1. The Morgan fingerprint density at radius 2 is 2.12 bits per heavy atom. The van der Waals surface area contributed by atoms with E-state index in [0.717, 1.165) is 16.8 Å². The van der Waals surface area contributed by atoms with Crippen molar-refractivity contribution in [3.05, 3.63) is 61.8 Å². The van der Waals surface area contributed by atoms with E-state index in [1.807, 2.05) is 24.4 Å². The lowest BCUT2D eigenvalue weighted by atomic mass is 10.0. The summed E-state index contributed by atoms with van der Waals surface area (Å²) in [5.74, 6) is -0.220. The Bertz CT molecular complexity index is 943. The van der Waals surface area contributed by atoms with Crippen molar-refractivity contribution < 1.29 is 4.79 Å². The average Bonchev–Trinajstić information content (AvgIpc) is 3.04. The lowest BCUT2D eigenvalue weighted by Crippen LogP contribution is -2.29. The van der Waals surface area contributed by atoms with Gasteiger partial charge < -0.3 is 10.3 Å². The molecule has 0 saturated heterocycles. The quantitative estimate of drug-likeness (QED) is 0.749. The minimum Gasteiger partial charge on any atom is -0.352 e. The van der Waals surface area contributed by atoms with Crippen LogP contribution < -0.4 is 10.9 Å². The summed E-state index contributed by atoms with van der Waals surface area (Å²) >= 11 is 1.67. The second-order valence-electron chi connectivity index (χ2n) is 5.58. The van der Waals surface area contributed by atoms with Crippen molar-refractivity contribution in [2.75, 3.05) is 6.54 Å². The summed E-state index contributed by atoms with van der Waals surface area (Å²) < 4.78 is 0. The van der Waals surface area contributed by atoms with Crippen LogP contribution in [0.4, 0.5) is 0 Å². The van der Waals surface area contributed by atoms with Crippen LogP contribution in [0.2, 0.25) is 0 Å². The molecule has 1 aromatic carbocycles. The predicted molar refractivity (Wildman–Crippen MR) is 96.8 cm³/mol. The van der Waals surface area contributed by atoms with Gasteiger partial charge in [-0.2, -0.15) is 0 Å². The van der Waals surface area contributed by atoms with Gasteiger partial charge in [-0.25, -0.2) is 4.98 Å². The lowest BCUT2D eigenvalue weighted by Gasteiger charge is -2.10. The summed E-state index contributed by atoms with van der Waals surface area (Å²) in [6.07, 6.45) is 3.55. The predicted octanol–water partition coefficient (Wildman–Crippen LogP) is 2.83. The second-order valence-corrected chi connectivity index (χ2v) is 6.78. The summed E-state index contributed by atoms with van der Waals surface area (Å²) in [6, 6.07) is 7.35. The van der Waals surface area contributed by atoms with Gasteiger partial charge in [0.15, 0.2) is 0 Å². The van der Waals surface area contributed by atoms with Gasteiger partial charge in [-0.05, 0) is 19.4 Å². The molecule has 5 nitrogen and oxygen atoms in total. The molecule has 0 spiro atoms. The van der Waals surface area contributed by atoms with Crippen molar-refractivity contribution in [1.29, 1.82) is 0 Å². The number of thiazole rings is 1. The molecule has 1 amide bonds.